The highest BCUT2D eigenvalue weighted by atomic mass is 79.9. The second-order valence-electron chi connectivity index (χ2n) is 5.99. The Bertz CT molecular complexity index is 1040. The molecule has 0 radical (unpaired) electrons. The van der Waals surface area contributed by atoms with Crippen LogP contribution in [0, 0.1) is 17.1 Å². The average molecular weight is 438 g/mol. The number of methoxy groups -OCH3 is 1. The van der Waals surface area contributed by atoms with Gasteiger partial charge in [-0.05, 0) is 63.0 Å². The van der Waals surface area contributed by atoms with Crippen molar-refractivity contribution < 1.29 is 13.9 Å². The summed E-state index contributed by atoms with van der Waals surface area (Å²) in [5.41, 5.74) is 2.64. The molecule has 3 aromatic carbocycles. The summed E-state index contributed by atoms with van der Waals surface area (Å²) < 4.78 is 25.6. The maximum absolute atomic E-state index is 13.5. The lowest BCUT2D eigenvalue weighted by Gasteiger charge is -2.14. The van der Waals surface area contributed by atoms with Crippen molar-refractivity contribution in [2.24, 2.45) is 0 Å². The zero-order valence-electron chi connectivity index (χ0n) is 15.2. The van der Waals surface area contributed by atoms with Crippen molar-refractivity contribution >= 4 is 27.6 Å². The second-order valence-corrected chi connectivity index (χ2v) is 6.84. The van der Waals surface area contributed by atoms with Crippen LogP contribution >= 0.6 is 15.9 Å². The van der Waals surface area contributed by atoms with E-state index in [-0.39, 0.29) is 5.82 Å². The number of benzene rings is 3. The predicted molar refractivity (Wildman–Crippen MR) is 111 cm³/mol. The van der Waals surface area contributed by atoms with Crippen LogP contribution < -0.4 is 9.47 Å². The molecular formula is C23H17BrFNO2. The van der Waals surface area contributed by atoms with E-state index in [2.05, 4.69) is 22.0 Å². The lowest BCUT2D eigenvalue weighted by atomic mass is 10.0. The van der Waals surface area contributed by atoms with Crippen LogP contribution in [-0.2, 0) is 6.61 Å². The maximum Gasteiger partial charge on any atom is 0.175 e. The molecular weight excluding hydrogens is 421 g/mol. The van der Waals surface area contributed by atoms with Crippen LogP contribution in [0.15, 0.2) is 71.2 Å². The maximum atomic E-state index is 13.5. The molecule has 3 nitrogen and oxygen atoms in total. The van der Waals surface area contributed by atoms with E-state index in [4.69, 9.17) is 9.47 Å². The highest BCUT2D eigenvalue weighted by Crippen LogP contribution is 2.38. The van der Waals surface area contributed by atoms with Crippen LogP contribution in [0.5, 0.6) is 11.5 Å². The van der Waals surface area contributed by atoms with E-state index in [0.29, 0.717) is 33.7 Å². The Labute approximate surface area is 171 Å². The Kier molecular flexibility index (Phi) is 6.46. The van der Waals surface area contributed by atoms with Crippen molar-refractivity contribution in [1.29, 1.82) is 5.26 Å². The number of rotatable bonds is 6. The molecule has 0 aliphatic rings. The van der Waals surface area contributed by atoms with Crippen molar-refractivity contribution in [3.63, 3.8) is 0 Å². The molecule has 0 aliphatic heterocycles. The molecule has 3 rings (SSSR count). The number of nitrogens with zero attached hydrogens (tertiary/aromatic N) is 1. The van der Waals surface area contributed by atoms with Crippen LogP contribution in [0.3, 0.4) is 0 Å². The zero-order chi connectivity index (χ0) is 19.9. The largest absolute Gasteiger partial charge is 0.493 e. The van der Waals surface area contributed by atoms with E-state index in [1.807, 2.05) is 36.4 Å². The Morgan fingerprint density at radius 1 is 1.11 bits per heavy atom. The minimum Gasteiger partial charge on any atom is -0.493 e. The van der Waals surface area contributed by atoms with Crippen molar-refractivity contribution in [2.75, 3.05) is 7.11 Å². The number of nitriles is 1. The number of halogens is 2. The van der Waals surface area contributed by atoms with E-state index in [9.17, 15) is 9.65 Å². The van der Waals surface area contributed by atoms with Crippen LogP contribution in [0.1, 0.15) is 16.7 Å². The Balaban J connectivity index is 1.91. The molecule has 140 valence electrons. The number of hydrogen-bond donors (Lipinski definition) is 0. The van der Waals surface area contributed by atoms with Gasteiger partial charge in [0.15, 0.2) is 11.5 Å². The zero-order valence-corrected chi connectivity index (χ0v) is 16.7. The first-order chi connectivity index (χ1) is 13.6. The molecule has 0 saturated carbocycles. The summed E-state index contributed by atoms with van der Waals surface area (Å²) in [6, 6.07) is 21.5. The second kappa shape index (κ2) is 9.20. The summed E-state index contributed by atoms with van der Waals surface area (Å²) in [5.74, 6) is 0.725. The van der Waals surface area contributed by atoms with Crippen LogP contribution in [-0.4, -0.2) is 7.11 Å². The summed E-state index contributed by atoms with van der Waals surface area (Å²) in [6.45, 7) is 0.401. The van der Waals surface area contributed by atoms with E-state index < -0.39 is 0 Å². The molecule has 0 spiro atoms. The van der Waals surface area contributed by atoms with E-state index in [1.54, 1.807) is 31.4 Å². The van der Waals surface area contributed by atoms with Gasteiger partial charge in [0.05, 0.1) is 23.2 Å². The third kappa shape index (κ3) is 4.79. The van der Waals surface area contributed by atoms with Gasteiger partial charge in [-0.1, -0.05) is 42.5 Å². The first kappa shape index (κ1) is 19.7. The quantitative estimate of drug-likeness (QED) is 0.338. The first-order valence-electron chi connectivity index (χ1n) is 8.52. The summed E-state index contributed by atoms with van der Waals surface area (Å²) in [4.78, 5) is 0. The van der Waals surface area contributed by atoms with Gasteiger partial charge in [-0.2, -0.15) is 5.26 Å². The number of allylic oxidation sites excluding steroid dienone is 1. The lowest BCUT2D eigenvalue weighted by Crippen LogP contribution is -1.99. The van der Waals surface area contributed by atoms with Crippen molar-refractivity contribution in [1.82, 2.24) is 0 Å². The summed E-state index contributed by atoms with van der Waals surface area (Å²) in [7, 11) is 1.56. The number of ether oxygens (including phenoxy) is 2. The minimum absolute atomic E-state index is 0.353. The van der Waals surface area contributed by atoms with Crippen LogP contribution in [0.2, 0.25) is 0 Å². The first-order valence-corrected chi connectivity index (χ1v) is 9.32. The highest BCUT2D eigenvalue weighted by molar-refractivity contribution is 9.10. The van der Waals surface area contributed by atoms with Gasteiger partial charge in [0, 0.05) is 0 Å². The van der Waals surface area contributed by atoms with Crippen molar-refractivity contribution in [3.05, 3.63) is 93.7 Å². The van der Waals surface area contributed by atoms with Gasteiger partial charge >= 0.3 is 0 Å². The molecule has 0 fully saturated rings. The molecule has 0 N–H and O–H groups in total. The number of hydrogen-bond acceptors (Lipinski definition) is 3. The molecule has 0 bridgehead atoms. The van der Waals surface area contributed by atoms with Gasteiger partial charge in [-0.25, -0.2) is 4.39 Å². The Morgan fingerprint density at radius 2 is 1.89 bits per heavy atom. The van der Waals surface area contributed by atoms with Gasteiger partial charge in [-0.15, -0.1) is 0 Å². The molecule has 0 aromatic heterocycles. The fourth-order valence-electron chi connectivity index (χ4n) is 2.70. The molecule has 5 heteroatoms. The van der Waals surface area contributed by atoms with Crippen molar-refractivity contribution in [2.45, 2.75) is 6.61 Å². The van der Waals surface area contributed by atoms with E-state index >= 15 is 0 Å². The highest BCUT2D eigenvalue weighted by Gasteiger charge is 2.12. The van der Waals surface area contributed by atoms with Crippen LogP contribution in [0.25, 0.3) is 11.6 Å². The summed E-state index contributed by atoms with van der Waals surface area (Å²) in [5, 5.41) is 9.48. The van der Waals surface area contributed by atoms with Gasteiger partial charge in [0.1, 0.15) is 12.4 Å². The minimum atomic E-state index is -0.387. The molecule has 0 aliphatic carbocycles. The normalized spacial score (nSPS) is 11.0. The third-order valence-corrected chi connectivity index (χ3v) is 4.63. The lowest BCUT2D eigenvalue weighted by molar-refractivity contribution is 0.282. The monoisotopic (exact) mass is 437 g/mol. The average Bonchev–Trinajstić information content (AvgIpc) is 2.71. The van der Waals surface area contributed by atoms with Gasteiger partial charge in [0.2, 0.25) is 0 Å². The SMILES string of the molecule is COc1cc(/C=C(/C#N)c2cccc(F)c2)cc(Br)c1OCc1ccccc1. The molecule has 0 saturated heterocycles. The van der Waals surface area contributed by atoms with E-state index in [1.165, 1.54) is 12.1 Å². The Morgan fingerprint density at radius 3 is 2.57 bits per heavy atom. The standard InChI is InChI=1S/C23H17BrFNO2/c1-27-22-12-17(10-19(14-26)18-8-5-9-20(25)13-18)11-21(24)23(22)28-15-16-6-3-2-4-7-16/h2-13H,15H2,1H3/b19-10-. The molecule has 0 unspecified atom stereocenters. The smallest absolute Gasteiger partial charge is 0.175 e. The summed E-state index contributed by atoms with van der Waals surface area (Å²) in [6.07, 6.45) is 1.68. The van der Waals surface area contributed by atoms with Gasteiger partial charge < -0.3 is 9.47 Å². The molecule has 0 atom stereocenters. The van der Waals surface area contributed by atoms with Gasteiger partial charge in [-0.3, -0.25) is 0 Å². The van der Waals surface area contributed by atoms with Gasteiger partial charge in [0.25, 0.3) is 0 Å². The summed E-state index contributed by atoms with van der Waals surface area (Å²) >= 11 is 3.51. The molecule has 0 heterocycles. The molecule has 0 amide bonds. The van der Waals surface area contributed by atoms with Crippen molar-refractivity contribution in [3.8, 4) is 17.6 Å². The Hall–Kier alpha value is -3.10. The predicted octanol–water partition coefficient (Wildman–Crippen LogP) is 6.24. The van der Waals surface area contributed by atoms with Crippen LogP contribution in [0.4, 0.5) is 4.39 Å². The third-order valence-electron chi connectivity index (χ3n) is 4.04. The molecule has 3 aromatic rings. The van der Waals surface area contributed by atoms with E-state index in [0.717, 1.165) is 11.1 Å². The fourth-order valence-corrected chi connectivity index (χ4v) is 3.27. The molecule has 28 heavy (non-hydrogen) atoms. The topological polar surface area (TPSA) is 42.2 Å². The fraction of sp³-hybridized carbons (Fsp3) is 0.0870.